The van der Waals surface area contributed by atoms with Crippen LogP contribution in [-0.2, 0) is 27.3 Å². The molecule has 0 fully saturated rings. The van der Waals surface area contributed by atoms with E-state index in [1.807, 2.05) is 64.1 Å². The minimum Gasteiger partial charge on any atom is -0.497 e. The van der Waals surface area contributed by atoms with Gasteiger partial charge >= 0.3 is 5.97 Å². The summed E-state index contributed by atoms with van der Waals surface area (Å²) in [4.78, 5) is 40.3. The number of benzene rings is 2. The minimum absolute atomic E-state index is 0.0585. The largest absolute Gasteiger partial charge is 0.497 e. The molecule has 0 aliphatic carbocycles. The van der Waals surface area contributed by atoms with Crippen molar-refractivity contribution in [2.24, 2.45) is 10.8 Å². The van der Waals surface area contributed by atoms with Crippen LogP contribution in [0.5, 0.6) is 5.75 Å². The molecule has 0 radical (unpaired) electrons. The highest BCUT2D eigenvalue weighted by Gasteiger charge is 2.35. The summed E-state index contributed by atoms with van der Waals surface area (Å²) < 4.78 is 18.1. The van der Waals surface area contributed by atoms with Gasteiger partial charge in [-0.25, -0.2) is 0 Å². The molecule has 0 bridgehead atoms. The zero-order chi connectivity index (χ0) is 30.5. The molecular formula is C35H39NO6. The number of aromatic nitrogens is 1. The number of Topliss-reactive ketones (excluding diaryl/α,β-unsaturated/α-hetero) is 1. The molecule has 4 aromatic rings. The van der Waals surface area contributed by atoms with Gasteiger partial charge in [-0.2, -0.15) is 0 Å². The van der Waals surface area contributed by atoms with E-state index < -0.39 is 10.8 Å². The summed E-state index contributed by atoms with van der Waals surface area (Å²) in [6.07, 6.45) is 2.59. The molecule has 0 aliphatic rings. The van der Waals surface area contributed by atoms with E-state index >= 15 is 0 Å². The molecule has 0 amide bonds. The van der Waals surface area contributed by atoms with Gasteiger partial charge in [0.05, 0.1) is 44.0 Å². The second kappa shape index (κ2) is 12.7. The van der Waals surface area contributed by atoms with Gasteiger partial charge in [-0.3, -0.25) is 14.4 Å². The number of rotatable bonds is 13. The van der Waals surface area contributed by atoms with Crippen molar-refractivity contribution in [2.75, 3.05) is 20.8 Å². The van der Waals surface area contributed by atoms with E-state index in [4.69, 9.17) is 14.2 Å². The maximum absolute atomic E-state index is 13.9. The average Bonchev–Trinajstić information content (AvgIpc) is 3.36. The van der Waals surface area contributed by atoms with Crippen molar-refractivity contribution in [3.8, 4) is 5.75 Å². The number of pyridine rings is 1. The van der Waals surface area contributed by atoms with Gasteiger partial charge in [-0.05, 0) is 73.4 Å². The lowest BCUT2D eigenvalue weighted by atomic mass is 9.80. The first kappa shape index (κ1) is 30.7. The van der Waals surface area contributed by atoms with E-state index in [1.54, 1.807) is 54.1 Å². The average molecular weight is 570 g/mol. The second-order valence-electron chi connectivity index (χ2n) is 11.6. The van der Waals surface area contributed by atoms with E-state index in [0.717, 1.165) is 5.56 Å². The first-order valence-corrected chi connectivity index (χ1v) is 14.1. The third-order valence-electron chi connectivity index (χ3n) is 7.91. The zero-order valence-electron chi connectivity index (χ0n) is 25.2. The first-order chi connectivity index (χ1) is 20.0. The molecular weight excluding hydrogens is 530 g/mol. The molecule has 1 unspecified atom stereocenters. The van der Waals surface area contributed by atoms with Gasteiger partial charge in [0.15, 0.2) is 5.78 Å². The number of esters is 1. The summed E-state index contributed by atoms with van der Waals surface area (Å²) in [6, 6.07) is 22.2. The standard InChI is InChI=1S/C35H39NO6/c1-7-35(4,33(39)41-6)21-27-20-28-19-26(32(38)34(2,3)23-42-22-24-11-9-8-10-12-24)17-18-36(28)30(27)31(37)25-13-15-29(40-5)16-14-25/h8-20H,7,21-23H2,1-6H3. The number of ketones is 2. The summed E-state index contributed by atoms with van der Waals surface area (Å²) >= 11 is 0. The maximum Gasteiger partial charge on any atom is 0.311 e. The first-order valence-electron chi connectivity index (χ1n) is 14.1. The Balaban J connectivity index is 1.70. The van der Waals surface area contributed by atoms with Crippen LogP contribution in [0, 0.1) is 10.8 Å². The van der Waals surface area contributed by atoms with Crippen LogP contribution in [0.4, 0.5) is 0 Å². The van der Waals surface area contributed by atoms with Gasteiger partial charge in [0, 0.05) is 22.8 Å². The molecule has 2 heterocycles. The molecule has 0 N–H and O–H groups in total. The lowest BCUT2D eigenvalue weighted by Crippen LogP contribution is -2.31. The van der Waals surface area contributed by atoms with Crippen molar-refractivity contribution in [2.45, 2.75) is 47.1 Å². The maximum atomic E-state index is 13.9. The Morgan fingerprint density at radius 1 is 0.857 bits per heavy atom. The Kier molecular flexibility index (Phi) is 9.32. The molecule has 2 aromatic heterocycles. The highest BCUT2D eigenvalue weighted by Crippen LogP contribution is 2.33. The summed E-state index contributed by atoms with van der Waals surface area (Å²) in [5.41, 5.74) is 2.31. The number of fused-ring (bicyclic) bond motifs is 1. The number of carbonyl (C=O) groups excluding carboxylic acids is 3. The van der Waals surface area contributed by atoms with Gasteiger partial charge in [0.1, 0.15) is 5.75 Å². The monoisotopic (exact) mass is 569 g/mol. The van der Waals surface area contributed by atoms with E-state index in [9.17, 15) is 14.4 Å². The van der Waals surface area contributed by atoms with Crippen LogP contribution in [0.3, 0.4) is 0 Å². The normalized spacial score (nSPS) is 13.0. The Morgan fingerprint density at radius 2 is 1.55 bits per heavy atom. The number of ether oxygens (including phenoxy) is 3. The molecule has 42 heavy (non-hydrogen) atoms. The van der Waals surface area contributed by atoms with Crippen LogP contribution in [0.25, 0.3) is 5.52 Å². The molecule has 0 spiro atoms. The highest BCUT2D eigenvalue weighted by molar-refractivity contribution is 6.10. The second-order valence-corrected chi connectivity index (χ2v) is 11.6. The fraction of sp³-hybridized carbons (Fsp3) is 0.343. The van der Waals surface area contributed by atoms with Crippen molar-refractivity contribution in [1.82, 2.24) is 4.40 Å². The summed E-state index contributed by atoms with van der Waals surface area (Å²) in [5.74, 6) is 0.0623. The van der Waals surface area contributed by atoms with Crippen molar-refractivity contribution in [3.05, 3.63) is 107 Å². The van der Waals surface area contributed by atoms with E-state index in [0.29, 0.717) is 53.1 Å². The number of carbonyl (C=O) groups is 3. The molecule has 0 saturated heterocycles. The Labute approximate surface area is 247 Å². The SMILES string of the molecule is CCC(C)(Cc1cc2cc(C(=O)C(C)(C)COCc3ccccc3)ccn2c1C(=O)c1ccc(OC)cc1)C(=O)OC. The lowest BCUT2D eigenvalue weighted by Gasteiger charge is -2.25. The van der Waals surface area contributed by atoms with Gasteiger partial charge in [-0.1, -0.05) is 51.1 Å². The third kappa shape index (κ3) is 6.47. The zero-order valence-corrected chi connectivity index (χ0v) is 25.2. The molecule has 7 heteroatoms. The molecule has 2 aromatic carbocycles. The minimum atomic E-state index is -0.828. The summed E-state index contributed by atoms with van der Waals surface area (Å²) in [7, 11) is 2.95. The Morgan fingerprint density at radius 3 is 2.17 bits per heavy atom. The van der Waals surface area contributed by atoms with E-state index in [2.05, 4.69) is 0 Å². The highest BCUT2D eigenvalue weighted by atomic mass is 16.5. The molecule has 0 saturated carbocycles. The summed E-state index contributed by atoms with van der Waals surface area (Å²) in [5, 5.41) is 0. The molecule has 220 valence electrons. The van der Waals surface area contributed by atoms with Gasteiger partial charge in [-0.15, -0.1) is 0 Å². The van der Waals surface area contributed by atoms with Crippen LogP contribution in [-0.4, -0.2) is 42.8 Å². The van der Waals surface area contributed by atoms with Crippen molar-refractivity contribution in [1.29, 1.82) is 0 Å². The Hall–Kier alpha value is -4.23. The van der Waals surface area contributed by atoms with Crippen LogP contribution >= 0.6 is 0 Å². The van der Waals surface area contributed by atoms with Gasteiger partial charge in [0.2, 0.25) is 5.78 Å². The topological polar surface area (TPSA) is 83.3 Å². The fourth-order valence-corrected chi connectivity index (χ4v) is 5.11. The van der Waals surface area contributed by atoms with E-state index in [-0.39, 0.29) is 24.1 Å². The number of hydrogen-bond donors (Lipinski definition) is 0. The van der Waals surface area contributed by atoms with E-state index in [1.165, 1.54) is 7.11 Å². The fourth-order valence-electron chi connectivity index (χ4n) is 5.11. The van der Waals surface area contributed by atoms with Crippen LogP contribution < -0.4 is 4.74 Å². The van der Waals surface area contributed by atoms with Crippen LogP contribution in [0.2, 0.25) is 0 Å². The molecule has 1 atom stereocenters. The predicted molar refractivity (Wildman–Crippen MR) is 162 cm³/mol. The predicted octanol–water partition coefficient (Wildman–Crippen LogP) is 6.74. The third-order valence-corrected chi connectivity index (χ3v) is 7.91. The van der Waals surface area contributed by atoms with Crippen molar-refractivity contribution < 1.29 is 28.6 Å². The number of nitrogens with zero attached hydrogens (tertiary/aromatic N) is 1. The lowest BCUT2D eigenvalue weighted by molar-refractivity contribution is -0.151. The number of hydrogen-bond acceptors (Lipinski definition) is 6. The smallest absolute Gasteiger partial charge is 0.311 e. The van der Waals surface area contributed by atoms with Crippen molar-refractivity contribution >= 4 is 23.1 Å². The number of methoxy groups -OCH3 is 2. The van der Waals surface area contributed by atoms with Crippen LogP contribution in [0.15, 0.2) is 79.0 Å². The van der Waals surface area contributed by atoms with Crippen molar-refractivity contribution in [3.63, 3.8) is 0 Å². The molecule has 0 aliphatic heterocycles. The summed E-state index contributed by atoms with van der Waals surface area (Å²) in [6.45, 7) is 8.19. The Bertz CT molecular complexity index is 1570. The van der Waals surface area contributed by atoms with Gasteiger partial charge < -0.3 is 18.6 Å². The quantitative estimate of drug-likeness (QED) is 0.131. The molecule has 4 rings (SSSR count). The molecule has 7 nitrogen and oxygen atoms in total. The van der Waals surface area contributed by atoms with Gasteiger partial charge in [0.25, 0.3) is 0 Å². The van der Waals surface area contributed by atoms with Crippen LogP contribution in [0.1, 0.15) is 71.7 Å².